The molecular formula is C20H23N3O2. The van der Waals surface area contributed by atoms with Crippen molar-refractivity contribution in [3.63, 3.8) is 0 Å². The molecule has 2 aromatic carbocycles. The Morgan fingerprint density at radius 2 is 1.76 bits per heavy atom. The lowest BCUT2D eigenvalue weighted by atomic mass is 10.1. The molecule has 0 unspecified atom stereocenters. The number of nitrogens with zero attached hydrogens (tertiary/aromatic N) is 1. The second kappa shape index (κ2) is 7.38. The third kappa shape index (κ3) is 3.99. The van der Waals surface area contributed by atoms with Crippen molar-refractivity contribution in [2.24, 2.45) is 5.73 Å². The first kappa shape index (κ1) is 17.0. The summed E-state index contributed by atoms with van der Waals surface area (Å²) in [5.74, 6) is -0.695. The lowest BCUT2D eigenvalue weighted by molar-refractivity contribution is 0.0996. The molecule has 1 saturated heterocycles. The lowest BCUT2D eigenvalue weighted by Gasteiger charge is -2.30. The highest BCUT2D eigenvalue weighted by atomic mass is 16.2. The molecule has 3 N–H and O–H groups in total. The number of carbonyl (C=O) groups excluding carboxylic acids is 2. The molecular weight excluding hydrogens is 314 g/mol. The van der Waals surface area contributed by atoms with Crippen molar-refractivity contribution < 1.29 is 9.59 Å². The maximum absolute atomic E-state index is 12.6. The molecule has 0 atom stereocenters. The zero-order valence-corrected chi connectivity index (χ0v) is 14.4. The maximum Gasteiger partial charge on any atom is 0.255 e. The van der Waals surface area contributed by atoms with E-state index in [9.17, 15) is 9.59 Å². The Kier molecular flexibility index (Phi) is 5.03. The Bertz CT molecular complexity index is 795. The standard InChI is InChI=1S/C20H23N3O2/c1-14-6-5-7-16(12-14)20(25)22-17-13-15(19(21)24)8-9-18(17)23-10-3-2-4-11-23/h5-9,12-13H,2-4,10-11H2,1H3,(H2,21,24)(H,22,25). The van der Waals surface area contributed by atoms with Gasteiger partial charge >= 0.3 is 0 Å². The van der Waals surface area contributed by atoms with E-state index in [0.29, 0.717) is 16.8 Å². The Morgan fingerprint density at radius 1 is 1.00 bits per heavy atom. The zero-order chi connectivity index (χ0) is 17.8. The van der Waals surface area contributed by atoms with Gasteiger partial charge in [-0.1, -0.05) is 17.7 Å². The van der Waals surface area contributed by atoms with E-state index in [2.05, 4.69) is 10.2 Å². The van der Waals surface area contributed by atoms with Gasteiger partial charge < -0.3 is 16.0 Å². The van der Waals surface area contributed by atoms with Crippen LogP contribution in [-0.4, -0.2) is 24.9 Å². The zero-order valence-electron chi connectivity index (χ0n) is 14.4. The number of nitrogens with two attached hydrogens (primary N) is 1. The number of rotatable bonds is 4. The van der Waals surface area contributed by atoms with Crippen LogP contribution < -0.4 is 16.0 Å². The summed E-state index contributed by atoms with van der Waals surface area (Å²) in [6, 6.07) is 12.7. The summed E-state index contributed by atoms with van der Waals surface area (Å²) in [5, 5.41) is 2.96. The summed E-state index contributed by atoms with van der Waals surface area (Å²) in [5.41, 5.74) is 8.98. The summed E-state index contributed by atoms with van der Waals surface area (Å²) in [6.45, 7) is 3.84. The van der Waals surface area contributed by atoms with Gasteiger partial charge in [0.25, 0.3) is 5.91 Å². The van der Waals surface area contributed by atoms with Crippen LogP contribution in [0.25, 0.3) is 0 Å². The van der Waals surface area contributed by atoms with Crippen LogP contribution in [0.15, 0.2) is 42.5 Å². The van der Waals surface area contributed by atoms with Gasteiger partial charge in [0.05, 0.1) is 11.4 Å². The van der Waals surface area contributed by atoms with E-state index in [4.69, 9.17) is 5.73 Å². The Morgan fingerprint density at radius 3 is 2.44 bits per heavy atom. The number of aryl methyl sites for hydroxylation is 1. The summed E-state index contributed by atoms with van der Waals surface area (Å²) in [6.07, 6.45) is 3.48. The largest absolute Gasteiger partial charge is 0.370 e. The number of primary amides is 1. The predicted molar refractivity (Wildman–Crippen MR) is 100 cm³/mol. The Hall–Kier alpha value is -2.82. The number of nitrogens with one attached hydrogen (secondary N) is 1. The van der Waals surface area contributed by atoms with Gasteiger partial charge in [-0.05, 0) is 56.5 Å². The molecule has 3 rings (SSSR count). The molecule has 25 heavy (non-hydrogen) atoms. The molecule has 5 heteroatoms. The topological polar surface area (TPSA) is 75.4 Å². The quantitative estimate of drug-likeness (QED) is 0.898. The highest BCUT2D eigenvalue weighted by Crippen LogP contribution is 2.30. The highest BCUT2D eigenvalue weighted by molar-refractivity contribution is 6.07. The highest BCUT2D eigenvalue weighted by Gasteiger charge is 2.18. The summed E-state index contributed by atoms with van der Waals surface area (Å²) in [7, 11) is 0. The van der Waals surface area contributed by atoms with Crippen molar-refractivity contribution in [1.82, 2.24) is 0 Å². The molecule has 0 radical (unpaired) electrons. The minimum Gasteiger partial charge on any atom is -0.370 e. The summed E-state index contributed by atoms with van der Waals surface area (Å²) in [4.78, 5) is 26.4. The molecule has 0 saturated carbocycles. The van der Waals surface area contributed by atoms with Gasteiger partial charge in [-0.3, -0.25) is 9.59 Å². The second-order valence-corrected chi connectivity index (χ2v) is 6.47. The van der Waals surface area contributed by atoms with Crippen LogP contribution in [0.5, 0.6) is 0 Å². The average Bonchev–Trinajstić information content (AvgIpc) is 2.62. The van der Waals surface area contributed by atoms with Crippen LogP contribution in [0.4, 0.5) is 11.4 Å². The number of carbonyl (C=O) groups is 2. The number of piperidine rings is 1. The van der Waals surface area contributed by atoms with Crippen LogP contribution in [0, 0.1) is 6.92 Å². The van der Waals surface area contributed by atoms with Crippen molar-refractivity contribution in [3.8, 4) is 0 Å². The fourth-order valence-corrected chi connectivity index (χ4v) is 3.18. The number of benzene rings is 2. The van der Waals surface area contributed by atoms with Crippen molar-refractivity contribution in [3.05, 3.63) is 59.2 Å². The first-order chi connectivity index (χ1) is 12.0. The molecule has 0 aromatic heterocycles. The average molecular weight is 337 g/mol. The van der Waals surface area contributed by atoms with Gasteiger partial charge in [0.15, 0.2) is 0 Å². The smallest absolute Gasteiger partial charge is 0.255 e. The fourth-order valence-electron chi connectivity index (χ4n) is 3.18. The molecule has 1 aliphatic rings. The number of amides is 2. The van der Waals surface area contributed by atoms with E-state index >= 15 is 0 Å². The lowest BCUT2D eigenvalue weighted by Crippen LogP contribution is -2.30. The van der Waals surface area contributed by atoms with Crippen LogP contribution in [0.1, 0.15) is 45.5 Å². The molecule has 1 aliphatic heterocycles. The van der Waals surface area contributed by atoms with E-state index in [0.717, 1.165) is 37.2 Å². The third-order valence-electron chi connectivity index (χ3n) is 4.51. The van der Waals surface area contributed by atoms with Crippen LogP contribution >= 0.6 is 0 Å². The molecule has 0 spiro atoms. The van der Waals surface area contributed by atoms with Gasteiger partial charge in [0.2, 0.25) is 5.91 Å². The summed E-state index contributed by atoms with van der Waals surface area (Å²) >= 11 is 0. The molecule has 0 bridgehead atoms. The SMILES string of the molecule is Cc1cccc(C(=O)Nc2cc(C(N)=O)ccc2N2CCCCC2)c1. The molecule has 1 heterocycles. The molecule has 2 amide bonds. The third-order valence-corrected chi connectivity index (χ3v) is 4.51. The van der Waals surface area contributed by atoms with E-state index in [1.54, 1.807) is 18.2 Å². The van der Waals surface area contributed by atoms with Crippen LogP contribution in [-0.2, 0) is 0 Å². The normalized spacial score (nSPS) is 14.2. The monoisotopic (exact) mass is 337 g/mol. The minimum absolute atomic E-state index is 0.191. The van der Waals surface area contributed by atoms with E-state index < -0.39 is 5.91 Å². The van der Waals surface area contributed by atoms with E-state index in [1.165, 1.54) is 6.42 Å². The number of anilines is 2. The Labute approximate surface area is 147 Å². The van der Waals surface area contributed by atoms with Gasteiger partial charge in [-0.25, -0.2) is 0 Å². The van der Waals surface area contributed by atoms with Gasteiger partial charge in [-0.2, -0.15) is 0 Å². The van der Waals surface area contributed by atoms with Gasteiger partial charge in [0, 0.05) is 24.2 Å². The van der Waals surface area contributed by atoms with Crippen molar-refractivity contribution in [1.29, 1.82) is 0 Å². The van der Waals surface area contributed by atoms with Gasteiger partial charge in [-0.15, -0.1) is 0 Å². The number of hydrogen-bond donors (Lipinski definition) is 2. The van der Waals surface area contributed by atoms with Crippen LogP contribution in [0.2, 0.25) is 0 Å². The molecule has 5 nitrogen and oxygen atoms in total. The van der Waals surface area contributed by atoms with Crippen molar-refractivity contribution in [2.75, 3.05) is 23.3 Å². The summed E-state index contributed by atoms with van der Waals surface area (Å²) < 4.78 is 0. The first-order valence-electron chi connectivity index (χ1n) is 8.61. The van der Waals surface area contributed by atoms with Gasteiger partial charge in [0.1, 0.15) is 0 Å². The van der Waals surface area contributed by atoms with Crippen LogP contribution in [0.3, 0.4) is 0 Å². The second-order valence-electron chi connectivity index (χ2n) is 6.47. The number of hydrogen-bond acceptors (Lipinski definition) is 3. The molecule has 1 fully saturated rings. The minimum atomic E-state index is -0.503. The van der Waals surface area contributed by atoms with E-state index in [1.807, 2.05) is 31.2 Å². The molecule has 2 aromatic rings. The van der Waals surface area contributed by atoms with E-state index in [-0.39, 0.29) is 5.91 Å². The maximum atomic E-state index is 12.6. The predicted octanol–water partition coefficient (Wildman–Crippen LogP) is 3.34. The molecule has 130 valence electrons. The molecule has 0 aliphatic carbocycles. The fraction of sp³-hybridized carbons (Fsp3) is 0.300. The Balaban J connectivity index is 1.92. The first-order valence-corrected chi connectivity index (χ1v) is 8.61. The van der Waals surface area contributed by atoms with Crippen molar-refractivity contribution >= 4 is 23.2 Å². The van der Waals surface area contributed by atoms with Crippen molar-refractivity contribution in [2.45, 2.75) is 26.2 Å².